The van der Waals surface area contributed by atoms with Crippen LogP contribution in [0.15, 0.2) is 30.3 Å². The van der Waals surface area contributed by atoms with Crippen molar-refractivity contribution in [2.75, 3.05) is 0 Å². The molecule has 1 amide bonds. The van der Waals surface area contributed by atoms with E-state index < -0.39 is 20.3 Å². The number of nitrogens with one attached hydrogen (secondary N) is 1. The molecule has 138 valence electrons. The van der Waals surface area contributed by atoms with Gasteiger partial charge in [-0.25, -0.2) is 0 Å². The van der Waals surface area contributed by atoms with Gasteiger partial charge in [0.2, 0.25) is 5.91 Å². The van der Waals surface area contributed by atoms with Crippen LogP contribution in [-0.2, 0) is 9.22 Å². The largest absolute Gasteiger partial charge is 0.413 e. The van der Waals surface area contributed by atoms with Crippen LogP contribution in [0, 0.1) is 11.8 Å². The molecule has 4 nitrogen and oxygen atoms in total. The number of hydrogen-bond donors (Lipinski definition) is 1. The summed E-state index contributed by atoms with van der Waals surface area (Å²) in [5.74, 6) is -0.0575. The summed E-state index contributed by atoms with van der Waals surface area (Å²) in [4.78, 5) is 24.9. The summed E-state index contributed by atoms with van der Waals surface area (Å²) < 4.78 is 6.48. The fourth-order valence-electron chi connectivity index (χ4n) is 3.27. The van der Waals surface area contributed by atoms with E-state index in [0.29, 0.717) is 11.5 Å². The lowest BCUT2D eigenvalue weighted by molar-refractivity contribution is -0.138. The van der Waals surface area contributed by atoms with E-state index in [1.54, 1.807) is 12.1 Å². The first-order valence-electron chi connectivity index (χ1n) is 9.06. The first-order chi connectivity index (χ1) is 11.5. The van der Waals surface area contributed by atoms with Gasteiger partial charge in [0.25, 0.3) is 0 Å². The average molecular weight is 362 g/mol. The number of carbonyl (C=O) groups excluding carboxylic acids is 2. The molecule has 1 aliphatic rings. The molecule has 2 rings (SSSR count). The molecule has 1 aromatic rings. The molecule has 0 bridgehead atoms. The third kappa shape index (κ3) is 3.72. The molecule has 0 unspecified atom stereocenters. The maximum Gasteiger partial charge on any atom is 0.228 e. The Morgan fingerprint density at radius 3 is 2.20 bits per heavy atom. The van der Waals surface area contributed by atoms with Crippen molar-refractivity contribution in [1.29, 1.82) is 0 Å². The number of β-lactam (4-membered cyclic amide) rings is 1. The van der Waals surface area contributed by atoms with Crippen LogP contribution in [0.1, 0.15) is 45.0 Å². The summed E-state index contributed by atoms with van der Waals surface area (Å²) in [7, 11) is -2.07. The molecule has 0 saturated carbocycles. The van der Waals surface area contributed by atoms with Gasteiger partial charge in [0.15, 0.2) is 14.1 Å². The lowest BCUT2D eigenvalue weighted by atomic mass is 9.81. The maximum atomic E-state index is 12.7. The van der Waals surface area contributed by atoms with Crippen molar-refractivity contribution in [3.63, 3.8) is 0 Å². The smallest absolute Gasteiger partial charge is 0.228 e. The van der Waals surface area contributed by atoms with Gasteiger partial charge in [-0.1, -0.05) is 58.0 Å². The van der Waals surface area contributed by atoms with Crippen molar-refractivity contribution >= 4 is 20.0 Å². The fraction of sp³-hybridized carbons (Fsp3) is 0.600. The zero-order valence-corrected chi connectivity index (χ0v) is 17.4. The molecule has 25 heavy (non-hydrogen) atoms. The SMILES string of the molecule is CC(C)C(C)(C)[Si](C)(C)O[C@H](C)[C@@H]1C(=O)N[C@H]1C(=O)c1ccccc1. The molecular formula is C20H31NO3Si. The van der Waals surface area contributed by atoms with E-state index in [1.807, 2.05) is 25.1 Å². The van der Waals surface area contributed by atoms with E-state index in [1.165, 1.54) is 0 Å². The molecule has 0 spiro atoms. The van der Waals surface area contributed by atoms with Gasteiger partial charge in [-0.2, -0.15) is 0 Å². The quantitative estimate of drug-likeness (QED) is 0.453. The van der Waals surface area contributed by atoms with Crippen LogP contribution in [-0.4, -0.2) is 32.2 Å². The summed E-state index contributed by atoms with van der Waals surface area (Å²) >= 11 is 0. The normalized spacial score (nSPS) is 22.3. The van der Waals surface area contributed by atoms with Crippen LogP contribution >= 0.6 is 0 Å². The summed E-state index contributed by atoms with van der Waals surface area (Å²) in [5, 5.41) is 2.84. The van der Waals surface area contributed by atoms with Gasteiger partial charge in [0.05, 0.1) is 12.0 Å². The predicted octanol–water partition coefficient (Wildman–Crippen LogP) is 4.03. The van der Waals surface area contributed by atoms with Crippen molar-refractivity contribution in [3.05, 3.63) is 35.9 Å². The minimum Gasteiger partial charge on any atom is -0.413 e. The highest BCUT2D eigenvalue weighted by atomic mass is 28.4. The Bertz CT molecular complexity index is 640. The highest BCUT2D eigenvalue weighted by molar-refractivity contribution is 6.74. The molecule has 1 saturated heterocycles. The molecular weight excluding hydrogens is 330 g/mol. The van der Waals surface area contributed by atoms with Crippen molar-refractivity contribution in [1.82, 2.24) is 5.32 Å². The molecule has 5 heteroatoms. The predicted molar refractivity (Wildman–Crippen MR) is 103 cm³/mol. The lowest BCUT2D eigenvalue weighted by Crippen LogP contribution is -2.66. The lowest BCUT2D eigenvalue weighted by Gasteiger charge is -2.47. The summed E-state index contributed by atoms with van der Waals surface area (Å²) in [6, 6.07) is 8.64. The Morgan fingerprint density at radius 1 is 1.16 bits per heavy atom. The fourth-order valence-corrected chi connectivity index (χ4v) is 6.04. The Kier molecular flexibility index (Phi) is 5.59. The van der Waals surface area contributed by atoms with E-state index in [9.17, 15) is 9.59 Å². The first kappa shape index (κ1) is 19.9. The topological polar surface area (TPSA) is 55.4 Å². The van der Waals surface area contributed by atoms with Gasteiger partial charge in [-0.05, 0) is 31.0 Å². The zero-order valence-electron chi connectivity index (χ0n) is 16.4. The van der Waals surface area contributed by atoms with Crippen molar-refractivity contribution in [3.8, 4) is 0 Å². The van der Waals surface area contributed by atoms with E-state index in [-0.39, 0.29) is 22.8 Å². The highest BCUT2D eigenvalue weighted by Gasteiger charge is 2.51. The van der Waals surface area contributed by atoms with Crippen LogP contribution < -0.4 is 5.32 Å². The molecule has 1 aliphatic heterocycles. The molecule has 3 atom stereocenters. The van der Waals surface area contributed by atoms with E-state index in [0.717, 1.165) is 0 Å². The average Bonchev–Trinajstić information content (AvgIpc) is 2.51. The third-order valence-corrected chi connectivity index (χ3v) is 10.9. The van der Waals surface area contributed by atoms with Crippen LogP contribution in [0.4, 0.5) is 0 Å². The summed E-state index contributed by atoms with van der Waals surface area (Å²) in [6.45, 7) is 15.2. The van der Waals surface area contributed by atoms with Crippen molar-refractivity contribution in [2.24, 2.45) is 11.8 Å². The van der Waals surface area contributed by atoms with Crippen LogP contribution in [0.3, 0.4) is 0 Å². The van der Waals surface area contributed by atoms with Gasteiger partial charge in [-0.3, -0.25) is 9.59 Å². The molecule has 0 radical (unpaired) electrons. The van der Waals surface area contributed by atoms with Crippen LogP contribution in [0.25, 0.3) is 0 Å². The van der Waals surface area contributed by atoms with E-state index in [4.69, 9.17) is 4.43 Å². The van der Waals surface area contributed by atoms with Gasteiger partial charge in [0, 0.05) is 5.56 Å². The van der Waals surface area contributed by atoms with Gasteiger partial charge in [-0.15, -0.1) is 0 Å². The Morgan fingerprint density at radius 2 is 1.72 bits per heavy atom. The molecule has 0 aromatic heterocycles. The number of Topliss-reactive ketones (excluding diaryl/α,β-unsaturated/α-hetero) is 1. The van der Waals surface area contributed by atoms with Crippen LogP contribution in [0.2, 0.25) is 18.1 Å². The molecule has 1 aromatic carbocycles. The Labute approximate surface area is 152 Å². The number of amides is 1. The highest BCUT2D eigenvalue weighted by Crippen LogP contribution is 2.45. The first-order valence-corrected chi connectivity index (χ1v) is 12.0. The van der Waals surface area contributed by atoms with E-state index >= 15 is 0 Å². The second-order valence-corrected chi connectivity index (χ2v) is 13.0. The van der Waals surface area contributed by atoms with Gasteiger partial charge in [0.1, 0.15) is 6.04 Å². The third-order valence-electron chi connectivity index (χ3n) is 6.28. The second-order valence-electron chi connectivity index (χ2n) is 8.45. The number of ketones is 1. The standard InChI is InChI=1S/C20H31NO3Si/c1-13(2)20(4,5)25(6,7)24-14(3)16-17(21-19(16)23)18(22)15-11-9-8-10-12-15/h8-14,16-17H,1-7H3,(H,21,23)/t14-,16+,17-/m1/s1. The summed E-state index contributed by atoms with van der Waals surface area (Å²) in [5.41, 5.74) is 0.628. The monoisotopic (exact) mass is 361 g/mol. The number of benzene rings is 1. The second kappa shape index (κ2) is 7.04. The molecule has 1 N–H and O–H groups in total. The minimum absolute atomic E-state index is 0.0387. The Hall–Kier alpha value is -1.46. The number of hydrogen-bond acceptors (Lipinski definition) is 3. The van der Waals surface area contributed by atoms with Gasteiger partial charge >= 0.3 is 0 Å². The number of rotatable bonds is 7. The molecule has 0 aliphatic carbocycles. The van der Waals surface area contributed by atoms with Crippen molar-refractivity contribution in [2.45, 2.75) is 64.9 Å². The number of carbonyl (C=O) groups is 2. The minimum atomic E-state index is -2.07. The molecule has 1 heterocycles. The Balaban J connectivity index is 2.14. The van der Waals surface area contributed by atoms with Gasteiger partial charge < -0.3 is 9.74 Å². The van der Waals surface area contributed by atoms with Crippen LogP contribution in [0.5, 0.6) is 0 Å². The molecule has 1 fully saturated rings. The van der Waals surface area contributed by atoms with Crippen molar-refractivity contribution < 1.29 is 14.0 Å². The zero-order chi connectivity index (χ0) is 19.0. The summed E-state index contributed by atoms with van der Waals surface area (Å²) in [6.07, 6.45) is -0.272. The van der Waals surface area contributed by atoms with E-state index in [2.05, 4.69) is 46.1 Å². The maximum absolute atomic E-state index is 12.7.